The molecule has 1 aliphatic rings. The summed E-state index contributed by atoms with van der Waals surface area (Å²) < 4.78 is 23.9. The highest BCUT2D eigenvalue weighted by molar-refractivity contribution is 5.87. The van der Waals surface area contributed by atoms with Crippen LogP contribution in [0.15, 0.2) is 28.8 Å². The Bertz CT molecular complexity index is 665. The minimum absolute atomic E-state index is 0.206. The van der Waals surface area contributed by atoms with Gasteiger partial charge in [-0.05, 0) is 18.2 Å². The molecule has 1 aromatic heterocycles. The molecule has 3 rings (SSSR count). The number of carboxylic acid groups (broad SMARTS) is 1. The lowest BCUT2D eigenvalue weighted by atomic mass is 10.1. The normalized spacial score (nSPS) is 15.2. The van der Waals surface area contributed by atoms with Crippen LogP contribution < -0.4 is 4.90 Å². The fourth-order valence-electron chi connectivity index (χ4n) is 2.29. The van der Waals surface area contributed by atoms with E-state index in [-0.39, 0.29) is 11.5 Å². The lowest BCUT2D eigenvalue weighted by molar-refractivity contribution is 0.0686. The number of aromatic nitrogens is 1. The molecule has 0 aliphatic carbocycles. The minimum Gasteiger partial charge on any atom is -0.476 e. The molecule has 1 saturated heterocycles. The molecule has 0 unspecified atom stereocenters. The summed E-state index contributed by atoms with van der Waals surface area (Å²) in [6, 6.07) is 5.62. The first-order valence-corrected chi connectivity index (χ1v) is 6.48. The van der Waals surface area contributed by atoms with Crippen molar-refractivity contribution in [3.8, 4) is 11.3 Å². The molecule has 0 amide bonds. The molecular weight excluding hydrogens is 279 g/mol. The molecular formula is C14H13FN2O4. The lowest BCUT2D eigenvalue weighted by Crippen LogP contribution is -2.36. The van der Waals surface area contributed by atoms with Crippen LogP contribution in [0.1, 0.15) is 10.5 Å². The number of hydrogen-bond donors (Lipinski definition) is 1. The van der Waals surface area contributed by atoms with Gasteiger partial charge >= 0.3 is 5.97 Å². The second-order valence-electron chi connectivity index (χ2n) is 4.64. The highest BCUT2D eigenvalue weighted by Gasteiger charge is 2.20. The number of morpholine rings is 1. The van der Waals surface area contributed by atoms with Gasteiger partial charge in [0.25, 0.3) is 0 Å². The number of anilines is 1. The molecule has 1 aliphatic heterocycles. The fraction of sp³-hybridized carbons (Fsp3) is 0.286. The number of benzene rings is 1. The molecule has 0 saturated carbocycles. The van der Waals surface area contributed by atoms with E-state index in [1.807, 2.05) is 4.90 Å². The van der Waals surface area contributed by atoms with Crippen molar-refractivity contribution in [2.75, 3.05) is 31.2 Å². The molecule has 1 fully saturated rings. The van der Waals surface area contributed by atoms with Crippen LogP contribution in [-0.2, 0) is 4.74 Å². The summed E-state index contributed by atoms with van der Waals surface area (Å²) in [6.45, 7) is 2.54. The van der Waals surface area contributed by atoms with Crippen LogP contribution in [0.3, 0.4) is 0 Å². The maximum absolute atomic E-state index is 13.5. The summed E-state index contributed by atoms with van der Waals surface area (Å²) in [5.74, 6) is -1.38. The molecule has 0 atom stereocenters. The van der Waals surface area contributed by atoms with Gasteiger partial charge in [-0.2, -0.15) is 0 Å². The van der Waals surface area contributed by atoms with E-state index in [1.54, 1.807) is 6.07 Å². The third-order valence-corrected chi connectivity index (χ3v) is 3.31. The number of aromatic carboxylic acids is 1. The first-order valence-electron chi connectivity index (χ1n) is 6.48. The van der Waals surface area contributed by atoms with E-state index in [4.69, 9.17) is 14.4 Å². The Kier molecular flexibility index (Phi) is 3.57. The highest BCUT2D eigenvalue weighted by atomic mass is 19.1. The van der Waals surface area contributed by atoms with E-state index >= 15 is 0 Å². The largest absolute Gasteiger partial charge is 0.476 e. The summed E-state index contributed by atoms with van der Waals surface area (Å²) in [6.07, 6.45) is 0. The molecule has 2 aromatic rings. The van der Waals surface area contributed by atoms with Crippen molar-refractivity contribution < 1.29 is 23.6 Å². The number of nitrogens with zero attached hydrogens (tertiary/aromatic N) is 2. The summed E-state index contributed by atoms with van der Waals surface area (Å²) in [5, 5.41) is 12.4. The van der Waals surface area contributed by atoms with Crippen molar-refractivity contribution in [3.63, 3.8) is 0 Å². The fourth-order valence-corrected chi connectivity index (χ4v) is 2.29. The Morgan fingerprint density at radius 2 is 2.05 bits per heavy atom. The van der Waals surface area contributed by atoms with Crippen LogP contribution >= 0.6 is 0 Å². The number of hydrogen-bond acceptors (Lipinski definition) is 5. The Morgan fingerprint density at radius 1 is 1.29 bits per heavy atom. The van der Waals surface area contributed by atoms with Crippen LogP contribution in [0.2, 0.25) is 0 Å². The van der Waals surface area contributed by atoms with E-state index in [9.17, 15) is 9.18 Å². The molecule has 1 N–H and O–H groups in total. The number of ether oxygens (including phenoxy) is 1. The van der Waals surface area contributed by atoms with Gasteiger partial charge in [0.2, 0.25) is 0 Å². The maximum Gasteiger partial charge on any atom is 0.358 e. The number of carbonyl (C=O) groups is 1. The van der Waals surface area contributed by atoms with E-state index in [1.165, 1.54) is 18.2 Å². The first kappa shape index (κ1) is 13.6. The molecule has 6 nitrogen and oxygen atoms in total. The zero-order valence-electron chi connectivity index (χ0n) is 11.1. The molecule has 110 valence electrons. The third-order valence-electron chi connectivity index (χ3n) is 3.31. The second kappa shape index (κ2) is 5.53. The van der Waals surface area contributed by atoms with Crippen molar-refractivity contribution in [1.82, 2.24) is 5.16 Å². The third kappa shape index (κ3) is 2.73. The van der Waals surface area contributed by atoms with Gasteiger partial charge in [0.05, 0.1) is 13.2 Å². The highest BCUT2D eigenvalue weighted by Crippen LogP contribution is 2.32. The van der Waals surface area contributed by atoms with Crippen molar-refractivity contribution in [1.29, 1.82) is 0 Å². The predicted molar refractivity (Wildman–Crippen MR) is 71.9 cm³/mol. The number of rotatable bonds is 3. The summed E-state index contributed by atoms with van der Waals surface area (Å²) in [5.41, 5.74) is 1.05. The number of carboxylic acids is 1. The average Bonchev–Trinajstić information content (AvgIpc) is 2.98. The molecule has 7 heteroatoms. The predicted octanol–water partition coefficient (Wildman–Crippen LogP) is 2.02. The Morgan fingerprint density at radius 3 is 2.71 bits per heavy atom. The van der Waals surface area contributed by atoms with Gasteiger partial charge in [0.1, 0.15) is 5.82 Å². The summed E-state index contributed by atoms with van der Waals surface area (Å²) >= 11 is 0. The Hall–Kier alpha value is -2.41. The van der Waals surface area contributed by atoms with Crippen LogP contribution in [-0.4, -0.2) is 42.5 Å². The van der Waals surface area contributed by atoms with Crippen LogP contribution in [0, 0.1) is 5.82 Å². The zero-order valence-corrected chi connectivity index (χ0v) is 11.1. The second-order valence-corrected chi connectivity index (χ2v) is 4.64. The molecule has 0 spiro atoms. The summed E-state index contributed by atoms with van der Waals surface area (Å²) in [4.78, 5) is 12.9. The van der Waals surface area contributed by atoms with Crippen molar-refractivity contribution in [3.05, 3.63) is 35.8 Å². The Labute approximate surface area is 119 Å². The summed E-state index contributed by atoms with van der Waals surface area (Å²) in [7, 11) is 0. The van der Waals surface area contributed by atoms with Gasteiger partial charge in [0.15, 0.2) is 11.5 Å². The van der Waals surface area contributed by atoms with E-state index in [0.717, 1.165) is 5.69 Å². The van der Waals surface area contributed by atoms with Gasteiger partial charge in [-0.1, -0.05) is 5.16 Å². The minimum atomic E-state index is -1.19. The molecule has 21 heavy (non-hydrogen) atoms. The first-order chi connectivity index (χ1) is 10.1. The van der Waals surface area contributed by atoms with Crippen molar-refractivity contribution >= 4 is 11.7 Å². The van der Waals surface area contributed by atoms with E-state index in [0.29, 0.717) is 31.9 Å². The molecule has 2 heterocycles. The topological polar surface area (TPSA) is 75.8 Å². The monoisotopic (exact) mass is 292 g/mol. The maximum atomic E-state index is 13.5. The van der Waals surface area contributed by atoms with Crippen LogP contribution in [0.5, 0.6) is 0 Å². The standard InChI is InChI=1S/C14H13FN2O4/c15-9-1-2-12(17-3-5-20-6-4-17)10(7-9)13-8-11(14(18)19)16-21-13/h1-2,7-8H,3-6H2,(H,18,19). The van der Waals surface area contributed by atoms with Crippen molar-refractivity contribution in [2.24, 2.45) is 0 Å². The Balaban J connectivity index is 2.02. The van der Waals surface area contributed by atoms with Gasteiger partial charge < -0.3 is 19.3 Å². The van der Waals surface area contributed by atoms with E-state index in [2.05, 4.69) is 5.16 Å². The van der Waals surface area contributed by atoms with Crippen LogP contribution in [0.4, 0.5) is 10.1 Å². The number of halogens is 1. The SMILES string of the molecule is O=C(O)c1cc(-c2cc(F)ccc2N2CCOCC2)on1. The van der Waals surface area contributed by atoms with Gasteiger partial charge in [0, 0.05) is 30.4 Å². The zero-order chi connectivity index (χ0) is 14.8. The van der Waals surface area contributed by atoms with Gasteiger partial charge in [-0.3, -0.25) is 0 Å². The average molecular weight is 292 g/mol. The molecule has 1 aromatic carbocycles. The molecule has 0 bridgehead atoms. The van der Waals surface area contributed by atoms with E-state index < -0.39 is 11.8 Å². The quantitative estimate of drug-likeness (QED) is 0.932. The van der Waals surface area contributed by atoms with Crippen molar-refractivity contribution in [2.45, 2.75) is 0 Å². The lowest BCUT2D eigenvalue weighted by Gasteiger charge is -2.30. The van der Waals surface area contributed by atoms with Gasteiger partial charge in [-0.15, -0.1) is 0 Å². The smallest absolute Gasteiger partial charge is 0.358 e. The molecule has 0 radical (unpaired) electrons. The van der Waals surface area contributed by atoms with Gasteiger partial charge in [-0.25, -0.2) is 9.18 Å². The van der Waals surface area contributed by atoms with Crippen LogP contribution in [0.25, 0.3) is 11.3 Å².